The van der Waals surface area contributed by atoms with Gasteiger partial charge in [-0.25, -0.2) is 0 Å². The molecule has 6 unspecified atom stereocenters. The Morgan fingerprint density at radius 3 is 2.59 bits per heavy atom. The van der Waals surface area contributed by atoms with Crippen LogP contribution in [0.1, 0.15) is 74.6 Å². The topological polar surface area (TPSA) is 125 Å². The van der Waals surface area contributed by atoms with Crippen molar-refractivity contribution < 1.29 is 34.1 Å². The molecule has 3 N–H and O–H groups in total. The van der Waals surface area contributed by atoms with Gasteiger partial charge in [-0.2, -0.15) is 0 Å². The van der Waals surface area contributed by atoms with Crippen molar-refractivity contribution in [1.82, 2.24) is 10.2 Å². The molecule has 2 amide bonds. The number of nitrogens with zero attached hydrogens (tertiary/aromatic N) is 1. The zero-order chi connectivity index (χ0) is 29.1. The summed E-state index contributed by atoms with van der Waals surface area (Å²) in [7, 11) is 1.48. The number of carbonyl (C=O) groups is 3. The van der Waals surface area contributed by atoms with E-state index in [0.717, 1.165) is 44.3 Å². The van der Waals surface area contributed by atoms with Gasteiger partial charge in [-0.15, -0.1) is 0 Å². The van der Waals surface area contributed by atoms with Crippen molar-refractivity contribution in [2.45, 2.75) is 88.5 Å². The molecule has 4 aliphatic rings. The van der Waals surface area contributed by atoms with E-state index < -0.39 is 18.2 Å². The standard InChI is InChI=1S/C31H41IN2O7/c1-40-27-13-19(17-36)12-24(32)30(27)41-26-15-22(31(39)33-8-9-35)14-25(29(26)38)34(23-4-2-3-5-23)28(37)16-21-11-18-6-7-20(21)10-18/h12-13,15,17-18,20-21,23,25-26,29,35,38H,2-11,14,16H2,1H3,(H,33,39). The number of nitrogens with one attached hydrogen (secondary N) is 1. The molecule has 224 valence electrons. The number of aliphatic hydroxyl groups is 2. The Morgan fingerprint density at radius 2 is 1.95 bits per heavy atom. The van der Waals surface area contributed by atoms with Gasteiger partial charge in [0.25, 0.3) is 0 Å². The highest BCUT2D eigenvalue weighted by Crippen LogP contribution is 2.50. The first-order valence-electron chi connectivity index (χ1n) is 14.9. The third-order valence-corrected chi connectivity index (χ3v) is 10.3. The number of hydrogen-bond acceptors (Lipinski definition) is 7. The molecular formula is C31H41IN2O7. The molecule has 9 nitrogen and oxygen atoms in total. The van der Waals surface area contributed by atoms with Crippen LogP contribution in [0.5, 0.6) is 11.5 Å². The lowest BCUT2D eigenvalue weighted by Gasteiger charge is -2.44. The summed E-state index contributed by atoms with van der Waals surface area (Å²) in [6.45, 7) is -0.0942. The smallest absolute Gasteiger partial charge is 0.247 e. The van der Waals surface area contributed by atoms with Crippen molar-refractivity contribution in [2.24, 2.45) is 17.8 Å². The molecule has 3 saturated carbocycles. The number of rotatable bonds is 11. The number of carbonyl (C=O) groups excluding carboxylic acids is 3. The van der Waals surface area contributed by atoms with Crippen LogP contribution in [-0.4, -0.2) is 77.8 Å². The lowest BCUT2D eigenvalue weighted by atomic mass is 9.84. The quantitative estimate of drug-likeness (QED) is 0.241. The van der Waals surface area contributed by atoms with E-state index in [-0.39, 0.29) is 37.4 Å². The summed E-state index contributed by atoms with van der Waals surface area (Å²) in [5.74, 6) is 2.16. The van der Waals surface area contributed by atoms with Crippen molar-refractivity contribution in [3.8, 4) is 11.5 Å². The van der Waals surface area contributed by atoms with Crippen LogP contribution in [0.2, 0.25) is 0 Å². The van der Waals surface area contributed by atoms with Crippen molar-refractivity contribution in [3.05, 3.63) is 32.9 Å². The Bertz CT molecular complexity index is 1170. The number of aliphatic hydroxyl groups excluding tert-OH is 2. The molecule has 2 bridgehead atoms. The maximum Gasteiger partial charge on any atom is 0.247 e. The maximum absolute atomic E-state index is 14.1. The van der Waals surface area contributed by atoms with E-state index in [1.54, 1.807) is 18.2 Å². The van der Waals surface area contributed by atoms with Gasteiger partial charge in [0.05, 0.1) is 23.3 Å². The Morgan fingerprint density at radius 1 is 1.17 bits per heavy atom. The first-order valence-corrected chi connectivity index (χ1v) is 16.0. The van der Waals surface area contributed by atoms with Crippen LogP contribution in [0.25, 0.3) is 0 Å². The second-order valence-corrected chi connectivity index (χ2v) is 13.2. The molecule has 4 aliphatic carbocycles. The summed E-state index contributed by atoms with van der Waals surface area (Å²) in [5.41, 5.74) is 0.840. The second kappa shape index (κ2) is 13.4. The molecule has 10 heteroatoms. The summed E-state index contributed by atoms with van der Waals surface area (Å²) in [6.07, 6.45) is 9.65. The SMILES string of the molecule is COc1cc(C=O)cc(I)c1OC1C=C(C(=O)NCCO)CC(N(C(=O)CC2CC3CCC2C3)C2CCCC2)C1O. The lowest BCUT2D eigenvalue weighted by molar-refractivity contribution is -0.143. The van der Waals surface area contributed by atoms with E-state index in [0.29, 0.717) is 44.5 Å². The van der Waals surface area contributed by atoms with Crippen molar-refractivity contribution in [2.75, 3.05) is 20.3 Å². The van der Waals surface area contributed by atoms with Crippen LogP contribution in [0.3, 0.4) is 0 Å². The minimum atomic E-state index is -1.08. The predicted molar refractivity (Wildman–Crippen MR) is 161 cm³/mol. The number of methoxy groups -OCH3 is 1. The van der Waals surface area contributed by atoms with Crippen LogP contribution < -0.4 is 14.8 Å². The van der Waals surface area contributed by atoms with Gasteiger partial charge < -0.3 is 29.9 Å². The normalized spacial score (nSPS) is 29.2. The zero-order valence-corrected chi connectivity index (χ0v) is 25.8. The average Bonchev–Trinajstić information content (AvgIpc) is 3.74. The Hall–Kier alpha value is -2.18. The van der Waals surface area contributed by atoms with Gasteiger partial charge in [0.1, 0.15) is 18.5 Å². The number of halogens is 1. The van der Waals surface area contributed by atoms with Gasteiger partial charge in [0.2, 0.25) is 11.8 Å². The molecule has 0 aromatic heterocycles. The summed E-state index contributed by atoms with van der Waals surface area (Å²) >= 11 is 2.06. The van der Waals surface area contributed by atoms with E-state index in [2.05, 4.69) is 27.9 Å². The Kier molecular flexibility index (Phi) is 9.91. The molecule has 0 saturated heterocycles. The van der Waals surface area contributed by atoms with Crippen LogP contribution in [0.4, 0.5) is 0 Å². The second-order valence-electron chi connectivity index (χ2n) is 12.0. The van der Waals surface area contributed by atoms with E-state index in [9.17, 15) is 24.6 Å². The van der Waals surface area contributed by atoms with E-state index >= 15 is 0 Å². The Balaban J connectivity index is 1.46. The van der Waals surface area contributed by atoms with Gasteiger partial charge in [0, 0.05) is 36.6 Å². The van der Waals surface area contributed by atoms with E-state index in [1.165, 1.54) is 26.4 Å². The highest BCUT2D eigenvalue weighted by molar-refractivity contribution is 14.1. The van der Waals surface area contributed by atoms with Gasteiger partial charge in [-0.1, -0.05) is 19.3 Å². The molecule has 0 heterocycles. The highest BCUT2D eigenvalue weighted by Gasteiger charge is 2.46. The molecule has 5 rings (SSSR count). The van der Waals surface area contributed by atoms with Crippen molar-refractivity contribution in [1.29, 1.82) is 0 Å². The lowest BCUT2D eigenvalue weighted by Crippen LogP contribution is -2.58. The molecule has 6 atom stereocenters. The minimum absolute atomic E-state index is 0.0165. The van der Waals surface area contributed by atoms with Crippen LogP contribution >= 0.6 is 22.6 Å². The number of aldehydes is 1. The molecule has 1 aromatic rings. The van der Waals surface area contributed by atoms with Crippen molar-refractivity contribution in [3.63, 3.8) is 0 Å². The number of ether oxygens (including phenoxy) is 2. The largest absolute Gasteiger partial charge is 0.493 e. The molecule has 1 aromatic carbocycles. The zero-order valence-electron chi connectivity index (χ0n) is 23.6. The number of amides is 2. The molecule has 0 radical (unpaired) electrons. The fourth-order valence-electron chi connectivity index (χ4n) is 7.60. The highest BCUT2D eigenvalue weighted by atomic mass is 127. The molecule has 0 spiro atoms. The summed E-state index contributed by atoms with van der Waals surface area (Å²) in [4.78, 5) is 40.6. The van der Waals surface area contributed by atoms with Crippen LogP contribution in [0, 0.1) is 21.3 Å². The number of fused-ring (bicyclic) bond motifs is 2. The fraction of sp³-hybridized carbons (Fsp3) is 0.645. The molecule has 0 aliphatic heterocycles. The van der Waals surface area contributed by atoms with Crippen molar-refractivity contribution >= 4 is 40.7 Å². The fourth-order valence-corrected chi connectivity index (χ4v) is 8.36. The minimum Gasteiger partial charge on any atom is -0.493 e. The van der Waals surface area contributed by atoms with Gasteiger partial charge in [-0.3, -0.25) is 14.4 Å². The first kappa shape index (κ1) is 30.3. The van der Waals surface area contributed by atoms with E-state index in [4.69, 9.17) is 9.47 Å². The molecular weight excluding hydrogens is 639 g/mol. The van der Waals surface area contributed by atoms with Gasteiger partial charge >= 0.3 is 0 Å². The van der Waals surface area contributed by atoms with Crippen LogP contribution in [0.15, 0.2) is 23.8 Å². The first-order chi connectivity index (χ1) is 19.8. The van der Waals surface area contributed by atoms with Crippen LogP contribution in [-0.2, 0) is 9.59 Å². The van der Waals surface area contributed by atoms with E-state index in [1.807, 2.05) is 4.90 Å². The summed E-state index contributed by atoms with van der Waals surface area (Å²) < 4.78 is 12.5. The predicted octanol–water partition coefficient (Wildman–Crippen LogP) is 3.63. The monoisotopic (exact) mass is 680 g/mol. The number of hydrogen-bond donors (Lipinski definition) is 3. The maximum atomic E-state index is 14.1. The third kappa shape index (κ3) is 6.59. The Labute approximate surface area is 255 Å². The van der Waals surface area contributed by atoms with Gasteiger partial charge in [0.15, 0.2) is 11.5 Å². The third-order valence-electron chi connectivity index (χ3n) is 9.54. The summed E-state index contributed by atoms with van der Waals surface area (Å²) in [5, 5.41) is 23.8. The molecule has 41 heavy (non-hydrogen) atoms. The summed E-state index contributed by atoms with van der Waals surface area (Å²) in [6, 6.07) is 2.62. The molecule has 3 fully saturated rings. The van der Waals surface area contributed by atoms with Gasteiger partial charge in [-0.05, 0) is 90.7 Å². The number of benzene rings is 1. The average molecular weight is 681 g/mol.